The van der Waals surface area contributed by atoms with E-state index in [2.05, 4.69) is 0 Å². The largest absolute Gasteiger partial charge is 0.478 e. The van der Waals surface area contributed by atoms with Crippen molar-refractivity contribution in [2.45, 2.75) is 12.0 Å². The van der Waals surface area contributed by atoms with Crippen LogP contribution in [0.4, 0.5) is 0 Å². The maximum atomic E-state index is 12.0. The van der Waals surface area contributed by atoms with E-state index in [0.29, 0.717) is 0 Å². The number of rotatable bonds is 7. The highest BCUT2D eigenvalue weighted by Crippen LogP contribution is 2.32. The van der Waals surface area contributed by atoms with E-state index in [0.717, 1.165) is 0 Å². The summed E-state index contributed by atoms with van der Waals surface area (Å²) in [4.78, 5) is 34.8. The van der Waals surface area contributed by atoms with Gasteiger partial charge in [0.05, 0.1) is 0 Å². The van der Waals surface area contributed by atoms with Crippen molar-refractivity contribution in [3.05, 3.63) is 83.6 Å². The van der Waals surface area contributed by atoms with Crippen molar-refractivity contribution in [3.63, 3.8) is 0 Å². The summed E-state index contributed by atoms with van der Waals surface area (Å²) in [5.41, 5.74) is -2.20. The lowest BCUT2D eigenvalue weighted by molar-refractivity contribution is -0.151. The minimum Gasteiger partial charge on any atom is -0.478 e. The molecule has 2 aromatic carbocycles. The fraction of sp³-hybridized carbons (Fsp3) is 0.0952. The number of carbonyl (C=O) groups is 3. The van der Waals surface area contributed by atoms with Gasteiger partial charge in [0.2, 0.25) is 5.60 Å². The van der Waals surface area contributed by atoms with Crippen LogP contribution in [0.1, 0.15) is 27.1 Å². The molecular weight excluding hydrogens is 380 g/mol. The predicted molar refractivity (Wildman–Crippen MR) is 100 cm³/mol. The number of allylic oxidation sites excluding steroid dienone is 1. The second-order valence-electron chi connectivity index (χ2n) is 6.15. The van der Waals surface area contributed by atoms with Crippen LogP contribution in [0.5, 0.6) is 11.5 Å². The Balaban J connectivity index is 1.98. The summed E-state index contributed by atoms with van der Waals surface area (Å²) in [6.07, 6.45) is 4.10. The van der Waals surface area contributed by atoms with Gasteiger partial charge in [-0.2, -0.15) is 0 Å². The van der Waals surface area contributed by atoms with Crippen molar-refractivity contribution in [3.8, 4) is 11.5 Å². The van der Waals surface area contributed by atoms with E-state index in [-0.39, 0.29) is 34.8 Å². The van der Waals surface area contributed by atoms with Crippen LogP contribution in [0.2, 0.25) is 0 Å². The third kappa shape index (κ3) is 4.11. The summed E-state index contributed by atoms with van der Waals surface area (Å²) in [5.74, 6) is -3.84. The Kier molecular flexibility index (Phi) is 5.36. The maximum absolute atomic E-state index is 12.0. The molecule has 8 heteroatoms. The molecule has 0 amide bonds. The van der Waals surface area contributed by atoms with Gasteiger partial charge in [0.15, 0.2) is 0 Å². The quantitative estimate of drug-likeness (QED) is 0.650. The second kappa shape index (κ2) is 7.89. The first-order valence-corrected chi connectivity index (χ1v) is 8.47. The van der Waals surface area contributed by atoms with E-state index in [9.17, 15) is 29.7 Å². The van der Waals surface area contributed by atoms with E-state index < -0.39 is 23.5 Å². The lowest BCUT2D eigenvalue weighted by Crippen LogP contribution is -2.44. The molecule has 0 saturated carbocycles. The second-order valence-corrected chi connectivity index (χ2v) is 6.15. The molecule has 0 fully saturated rings. The van der Waals surface area contributed by atoms with Gasteiger partial charge in [-0.3, -0.25) is 0 Å². The van der Waals surface area contributed by atoms with Crippen molar-refractivity contribution < 1.29 is 39.2 Å². The summed E-state index contributed by atoms with van der Waals surface area (Å²) < 4.78 is 11.2. The molecule has 3 rings (SSSR count). The molecule has 0 spiro atoms. The molecule has 1 atom stereocenters. The van der Waals surface area contributed by atoms with Gasteiger partial charge in [-0.1, -0.05) is 30.3 Å². The van der Waals surface area contributed by atoms with Gasteiger partial charge in [-0.05, 0) is 30.3 Å². The third-order valence-corrected chi connectivity index (χ3v) is 4.20. The highest BCUT2D eigenvalue weighted by molar-refractivity contribution is 5.92. The Labute approximate surface area is 164 Å². The molecular formula is C21H16O8. The standard InChI is InChI=1S/C21H16O8/c22-18(23)14-7-1-3-9-16(14)28-13-6-5-11-21(12-13,20(26)27)29-17-10-4-2-8-15(17)19(24)25/h1-10,12H,11H2,(H,22,23)(H,24,25)(H,26,27). The van der Waals surface area contributed by atoms with E-state index in [1.165, 1.54) is 60.7 Å². The molecule has 0 heterocycles. The van der Waals surface area contributed by atoms with Crippen LogP contribution in [0.25, 0.3) is 0 Å². The Morgan fingerprint density at radius 3 is 1.97 bits per heavy atom. The predicted octanol–water partition coefficient (Wildman–Crippen LogP) is 3.21. The zero-order chi connectivity index (χ0) is 21.0. The van der Waals surface area contributed by atoms with Gasteiger partial charge in [0.1, 0.15) is 28.4 Å². The zero-order valence-corrected chi connectivity index (χ0v) is 14.9. The Morgan fingerprint density at radius 2 is 1.38 bits per heavy atom. The molecule has 1 aliphatic carbocycles. The topological polar surface area (TPSA) is 130 Å². The number of benzene rings is 2. The highest BCUT2D eigenvalue weighted by atomic mass is 16.5. The average Bonchev–Trinajstić information content (AvgIpc) is 2.68. The molecule has 3 N–H and O–H groups in total. The Morgan fingerprint density at radius 1 is 0.828 bits per heavy atom. The number of carboxylic acids is 3. The van der Waals surface area contributed by atoms with Gasteiger partial charge in [0.25, 0.3) is 0 Å². The lowest BCUT2D eigenvalue weighted by atomic mass is 9.94. The fourth-order valence-corrected chi connectivity index (χ4v) is 2.80. The first kappa shape index (κ1) is 19.7. The zero-order valence-electron chi connectivity index (χ0n) is 14.9. The van der Waals surface area contributed by atoms with Gasteiger partial charge in [0, 0.05) is 12.5 Å². The summed E-state index contributed by atoms with van der Waals surface area (Å²) in [6.45, 7) is 0. The van der Waals surface area contributed by atoms with E-state index in [4.69, 9.17) is 9.47 Å². The number of ether oxygens (including phenoxy) is 2. The molecule has 0 radical (unpaired) electrons. The van der Waals surface area contributed by atoms with Crippen LogP contribution >= 0.6 is 0 Å². The molecule has 0 bridgehead atoms. The van der Waals surface area contributed by atoms with Crippen LogP contribution in [0, 0.1) is 0 Å². The number of hydrogen-bond donors (Lipinski definition) is 3. The minimum absolute atomic E-state index is 0.0306. The molecule has 0 aromatic heterocycles. The normalized spacial score (nSPS) is 17.9. The SMILES string of the molecule is O=C(O)c1ccccc1OC1=CC(Oc2ccccc2C(=O)O)(C(=O)O)CC=C1. The maximum Gasteiger partial charge on any atom is 0.352 e. The molecule has 0 aliphatic heterocycles. The van der Waals surface area contributed by atoms with Crippen molar-refractivity contribution >= 4 is 17.9 Å². The Bertz CT molecular complexity index is 1040. The molecule has 8 nitrogen and oxygen atoms in total. The lowest BCUT2D eigenvalue weighted by Gasteiger charge is -2.29. The summed E-state index contributed by atoms with van der Waals surface area (Å²) in [5, 5.41) is 28.4. The van der Waals surface area contributed by atoms with Crippen molar-refractivity contribution in [1.29, 1.82) is 0 Å². The summed E-state index contributed by atoms with van der Waals surface area (Å²) >= 11 is 0. The monoisotopic (exact) mass is 396 g/mol. The van der Waals surface area contributed by atoms with E-state index in [1.807, 2.05) is 0 Å². The van der Waals surface area contributed by atoms with Crippen LogP contribution in [0.3, 0.4) is 0 Å². The molecule has 0 saturated heterocycles. The van der Waals surface area contributed by atoms with Crippen LogP contribution in [-0.2, 0) is 4.79 Å². The molecule has 1 unspecified atom stereocenters. The number of aromatic carboxylic acids is 2. The molecule has 2 aromatic rings. The first-order valence-electron chi connectivity index (χ1n) is 8.47. The van der Waals surface area contributed by atoms with Crippen molar-refractivity contribution in [2.24, 2.45) is 0 Å². The van der Waals surface area contributed by atoms with Crippen LogP contribution in [0.15, 0.2) is 72.5 Å². The van der Waals surface area contributed by atoms with E-state index in [1.54, 1.807) is 6.07 Å². The van der Waals surface area contributed by atoms with Crippen LogP contribution in [-0.4, -0.2) is 38.8 Å². The molecule has 148 valence electrons. The Hall–Kier alpha value is -4.07. The van der Waals surface area contributed by atoms with Gasteiger partial charge in [-0.25, -0.2) is 14.4 Å². The number of para-hydroxylation sites is 2. The van der Waals surface area contributed by atoms with Gasteiger partial charge >= 0.3 is 17.9 Å². The van der Waals surface area contributed by atoms with Crippen molar-refractivity contribution in [1.82, 2.24) is 0 Å². The van der Waals surface area contributed by atoms with Gasteiger partial charge < -0.3 is 24.8 Å². The molecule has 1 aliphatic rings. The smallest absolute Gasteiger partial charge is 0.352 e. The molecule has 29 heavy (non-hydrogen) atoms. The first-order chi connectivity index (χ1) is 13.8. The minimum atomic E-state index is -1.92. The number of hydrogen-bond acceptors (Lipinski definition) is 5. The average molecular weight is 396 g/mol. The summed E-state index contributed by atoms with van der Waals surface area (Å²) in [7, 11) is 0. The summed E-state index contributed by atoms with van der Waals surface area (Å²) in [6, 6.07) is 11.6. The van der Waals surface area contributed by atoms with Crippen molar-refractivity contribution in [2.75, 3.05) is 0 Å². The van der Waals surface area contributed by atoms with Gasteiger partial charge in [-0.15, -0.1) is 0 Å². The third-order valence-electron chi connectivity index (χ3n) is 4.20. The van der Waals surface area contributed by atoms with E-state index >= 15 is 0 Å². The number of carboxylic acid groups (broad SMARTS) is 3. The van der Waals surface area contributed by atoms with Crippen LogP contribution < -0.4 is 9.47 Å². The fourth-order valence-electron chi connectivity index (χ4n) is 2.80. The highest BCUT2D eigenvalue weighted by Gasteiger charge is 2.41. The number of aliphatic carboxylic acids is 1.